The van der Waals surface area contributed by atoms with Crippen LogP contribution in [-0.2, 0) is 4.79 Å². The Kier molecular flexibility index (Phi) is 6.70. The molecule has 4 nitrogen and oxygen atoms in total. The molecule has 0 atom stereocenters. The van der Waals surface area contributed by atoms with Crippen molar-refractivity contribution in [1.29, 1.82) is 0 Å². The van der Waals surface area contributed by atoms with E-state index < -0.39 is 0 Å². The van der Waals surface area contributed by atoms with Gasteiger partial charge in [-0.05, 0) is 48.4 Å². The third-order valence-corrected chi connectivity index (χ3v) is 3.49. The highest BCUT2D eigenvalue weighted by molar-refractivity contribution is 6.32. The second kappa shape index (κ2) is 8.99. The molecular formula is C19H20ClNO3. The van der Waals surface area contributed by atoms with Crippen molar-refractivity contribution < 1.29 is 14.3 Å². The molecule has 0 aliphatic rings. The number of halogens is 1. The number of ether oxygens (including phenoxy) is 2. The molecule has 2 aromatic rings. The number of rotatable bonds is 7. The van der Waals surface area contributed by atoms with E-state index in [1.165, 1.54) is 6.08 Å². The third-order valence-electron chi connectivity index (χ3n) is 3.20. The van der Waals surface area contributed by atoms with E-state index in [1.54, 1.807) is 31.4 Å². The van der Waals surface area contributed by atoms with Gasteiger partial charge in [0.2, 0.25) is 5.91 Å². The summed E-state index contributed by atoms with van der Waals surface area (Å²) in [7, 11) is 1.54. The Bertz CT molecular complexity index is 711. The van der Waals surface area contributed by atoms with Crippen LogP contribution in [0.3, 0.4) is 0 Å². The van der Waals surface area contributed by atoms with E-state index in [0.29, 0.717) is 23.1 Å². The van der Waals surface area contributed by atoms with Crippen LogP contribution in [0.15, 0.2) is 48.5 Å². The molecule has 0 aromatic heterocycles. The van der Waals surface area contributed by atoms with Crippen molar-refractivity contribution in [3.05, 3.63) is 59.1 Å². The summed E-state index contributed by atoms with van der Waals surface area (Å²) >= 11 is 6.03. The van der Waals surface area contributed by atoms with Crippen LogP contribution in [0.4, 0.5) is 5.69 Å². The summed E-state index contributed by atoms with van der Waals surface area (Å²) in [5.41, 5.74) is 1.53. The molecule has 0 saturated heterocycles. The van der Waals surface area contributed by atoms with Crippen LogP contribution in [0.25, 0.3) is 6.08 Å². The van der Waals surface area contributed by atoms with Crippen molar-refractivity contribution >= 4 is 29.3 Å². The van der Waals surface area contributed by atoms with Gasteiger partial charge in [-0.2, -0.15) is 0 Å². The molecule has 5 heteroatoms. The lowest BCUT2D eigenvalue weighted by atomic mass is 10.2. The lowest BCUT2D eigenvalue weighted by Gasteiger charge is -2.06. The molecule has 2 rings (SSSR count). The number of nitrogens with one attached hydrogen (secondary N) is 1. The van der Waals surface area contributed by atoms with Crippen molar-refractivity contribution in [3.63, 3.8) is 0 Å². The average Bonchev–Trinajstić information content (AvgIpc) is 2.59. The molecule has 24 heavy (non-hydrogen) atoms. The fraction of sp³-hybridized carbons (Fsp3) is 0.211. The van der Waals surface area contributed by atoms with Crippen LogP contribution in [0, 0.1) is 0 Å². The zero-order valence-electron chi connectivity index (χ0n) is 13.7. The Hall–Kier alpha value is -2.46. The van der Waals surface area contributed by atoms with E-state index in [9.17, 15) is 4.79 Å². The minimum Gasteiger partial charge on any atom is -0.495 e. The minimum absolute atomic E-state index is 0.234. The summed E-state index contributed by atoms with van der Waals surface area (Å²) in [6, 6.07) is 12.7. The van der Waals surface area contributed by atoms with Gasteiger partial charge in [-0.3, -0.25) is 4.79 Å². The van der Waals surface area contributed by atoms with E-state index >= 15 is 0 Å². The first-order valence-electron chi connectivity index (χ1n) is 7.68. The standard InChI is InChI=1S/C19H20ClNO3/c1-3-12-24-16-8-4-14(5-9-16)6-11-19(22)21-15-7-10-18(23-2)17(20)13-15/h4-11,13H,3,12H2,1-2H3,(H,21,22)/b11-6+. The summed E-state index contributed by atoms with van der Waals surface area (Å²) in [5, 5.41) is 3.20. The predicted molar refractivity (Wildman–Crippen MR) is 97.9 cm³/mol. The number of hydrogen-bond acceptors (Lipinski definition) is 3. The minimum atomic E-state index is -0.234. The summed E-state index contributed by atoms with van der Waals surface area (Å²) in [6.07, 6.45) is 4.18. The summed E-state index contributed by atoms with van der Waals surface area (Å²) < 4.78 is 10.6. The highest BCUT2D eigenvalue weighted by Gasteiger charge is 2.03. The molecule has 0 fully saturated rings. The molecule has 0 aliphatic carbocycles. The summed E-state index contributed by atoms with van der Waals surface area (Å²) in [6.45, 7) is 2.76. The average molecular weight is 346 g/mol. The Morgan fingerprint density at radius 1 is 1.21 bits per heavy atom. The van der Waals surface area contributed by atoms with Gasteiger partial charge >= 0.3 is 0 Å². The molecule has 2 aromatic carbocycles. The molecule has 0 saturated carbocycles. The molecule has 126 valence electrons. The first-order valence-corrected chi connectivity index (χ1v) is 8.05. The Morgan fingerprint density at radius 2 is 1.96 bits per heavy atom. The van der Waals surface area contributed by atoms with Gasteiger partial charge in [0.25, 0.3) is 0 Å². The van der Waals surface area contributed by atoms with Crippen molar-refractivity contribution in [2.45, 2.75) is 13.3 Å². The smallest absolute Gasteiger partial charge is 0.248 e. The van der Waals surface area contributed by atoms with E-state index in [0.717, 1.165) is 17.7 Å². The normalized spacial score (nSPS) is 10.6. The van der Waals surface area contributed by atoms with E-state index in [2.05, 4.69) is 12.2 Å². The van der Waals surface area contributed by atoms with Gasteiger partial charge in [0.1, 0.15) is 11.5 Å². The summed E-state index contributed by atoms with van der Waals surface area (Å²) in [4.78, 5) is 12.0. The SMILES string of the molecule is CCCOc1ccc(/C=C/C(=O)Nc2ccc(OC)c(Cl)c2)cc1. The number of methoxy groups -OCH3 is 1. The quantitative estimate of drug-likeness (QED) is 0.734. The van der Waals surface area contributed by atoms with Crippen molar-refractivity contribution in [3.8, 4) is 11.5 Å². The predicted octanol–water partition coefficient (Wildman–Crippen LogP) is 4.79. The van der Waals surface area contributed by atoms with E-state index in [4.69, 9.17) is 21.1 Å². The van der Waals surface area contributed by atoms with Crippen LogP contribution in [0.5, 0.6) is 11.5 Å². The van der Waals surface area contributed by atoms with Gasteiger partial charge in [-0.25, -0.2) is 0 Å². The molecular weight excluding hydrogens is 326 g/mol. The van der Waals surface area contributed by atoms with Crippen molar-refractivity contribution in [2.24, 2.45) is 0 Å². The molecule has 0 radical (unpaired) electrons. The molecule has 1 N–H and O–H groups in total. The maximum atomic E-state index is 12.0. The van der Waals surface area contributed by atoms with Crippen molar-refractivity contribution in [1.82, 2.24) is 0 Å². The number of carbonyl (C=O) groups is 1. The van der Waals surface area contributed by atoms with E-state index in [1.807, 2.05) is 24.3 Å². The second-order valence-electron chi connectivity index (χ2n) is 5.09. The number of anilines is 1. The molecule has 1 amide bonds. The Morgan fingerprint density at radius 3 is 2.58 bits per heavy atom. The van der Waals surface area contributed by atoms with E-state index in [-0.39, 0.29) is 5.91 Å². The first-order chi connectivity index (χ1) is 11.6. The van der Waals surface area contributed by atoms with Gasteiger partial charge in [0.05, 0.1) is 18.7 Å². The van der Waals surface area contributed by atoms with Gasteiger partial charge in [0, 0.05) is 11.8 Å². The Balaban J connectivity index is 1.93. The highest BCUT2D eigenvalue weighted by atomic mass is 35.5. The van der Waals surface area contributed by atoms with Crippen LogP contribution in [0.1, 0.15) is 18.9 Å². The van der Waals surface area contributed by atoms with Gasteiger partial charge in [-0.15, -0.1) is 0 Å². The maximum absolute atomic E-state index is 12.0. The van der Waals surface area contributed by atoms with Gasteiger partial charge < -0.3 is 14.8 Å². The molecule has 0 bridgehead atoms. The maximum Gasteiger partial charge on any atom is 0.248 e. The van der Waals surface area contributed by atoms with Gasteiger partial charge in [0.15, 0.2) is 0 Å². The van der Waals surface area contributed by atoms with Crippen molar-refractivity contribution in [2.75, 3.05) is 19.0 Å². The van der Waals surface area contributed by atoms with Crippen LogP contribution in [-0.4, -0.2) is 19.6 Å². The zero-order chi connectivity index (χ0) is 17.4. The van der Waals surface area contributed by atoms with Crippen LogP contribution in [0.2, 0.25) is 5.02 Å². The highest BCUT2D eigenvalue weighted by Crippen LogP contribution is 2.27. The lowest BCUT2D eigenvalue weighted by molar-refractivity contribution is -0.111. The topological polar surface area (TPSA) is 47.6 Å². The number of benzene rings is 2. The third kappa shape index (κ3) is 5.32. The van der Waals surface area contributed by atoms with Crippen LogP contribution < -0.4 is 14.8 Å². The number of hydrogen-bond donors (Lipinski definition) is 1. The number of amides is 1. The fourth-order valence-corrected chi connectivity index (χ4v) is 2.25. The molecule has 0 spiro atoms. The van der Waals surface area contributed by atoms with Gasteiger partial charge in [-0.1, -0.05) is 30.7 Å². The number of carbonyl (C=O) groups excluding carboxylic acids is 1. The van der Waals surface area contributed by atoms with Crippen LogP contribution >= 0.6 is 11.6 Å². The Labute approximate surface area is 147 Å². The summed E-state index contributed by atoms with van der Waals surface area (Å²) in [5.74, 6) is 1.16. The molecule has 0 heterocycles. The lowest BCUT2D eigenvalue weighted by Crippen LogP contribution is -2.07. The monoisotopic (exact) mass is 345 g/mol. The molecule has 0 unspecified atom stereocenters. The second-order valence-corrected chi connectivity index (χ2v) is 5.50. The first kappa shape index (κ1) is 17.9. The molecule has 0 aliphatic heterocycles. The fourth-order valence-electron chi connectivity index (χ4n) is 2.00. The zero-order valence-corrected chi connectivity index (χ0v) is 14.5. The largest absolute Gasteiger partial charge is 0.495 e.